The number of aryl methyl sites for hydroxylation is 2. The van der Waals surface area contributed by atoms with Crippen LogP contribution in [0.1, 0.15) is 11.1 Å². The fourth-order valence-electron chi connectivity index (χ4n) is 1.96. The van der Waals surface area contributed by atoms with Crippen LogP contribution in [-0.4, -0.2) is 29.5 Å². The van der Waals surface area contributed by atoms with Gasteiger partial charge in [0.2, 0.25) is 0 Å². The van der Waals surface area contributed by atoms with Crippen molar-refractivity contribution in [2.75, 3.05) is 18.5 Å². The second-order valence-electron chi connectivity index (χ2n) is 5.07. The van der Waals surface area contributed by atoms with Gasteiger partial charge in [-0.05, 0) is 49.2 Å². The van der Waals surface area contributed by atoms with Gasteiger partial charge in [0.15, 0.2) is 0 Å². The number of ether oxygens (including phenoxy) is 1. The molecule has 0 aliphatic rings. The van der Waals surface area contributed by atoms with Gasteiger partial charge in [-0.1, -0.05) is 18.2 Å². The molecule has 0 heterocycles. The molecule has 0 fully saturated rings. The predicted octanol–water partition coefficient (Wildman–Crippen LogP) is 2.86. The zero-order valence-electron chi connectivity index (χ0n) is 12.3. The van der Waals surface area contributed by atoms with E-state index in [9.17, 15) is 5.11 Å². The van der Waals surface area contributed by atoms with E-state index >= 15 is 0 Å². The first-order valence-corrected chi connectivity index (χ1v) is 6.97. The van der Waals surface area contributed by atoms with E-state index in [1.54, 1.807) is 0 Å². The van der Waals surface area contributed by atoms with Crippen LogP contribution in [0.3, 0.4) is 0 Å². The van der Waals surface area contributed by atoms with Crippen molar-refractivity contribution in [3.8, 4) is 11.5 Å². The molecule has 0 aromatic heterocycles. The Balaban J connectivity index is 2.07. The van der Waals surface area contributed by atoms with Gasteiger partial charge in [-0.15, -0.1) is 0 Å². The Morgan fingerprint density at radius 1 is 1.05 bits per heavy atom. The molecule has 1 atom stereocenters. The highest BCUT2D eigenvalue weighted by molar-refractivity contribution is 5.52. The van der Waals surface area contributed by atoms with Gasteiger partial charge in [-0.2, -0.15) is 0 Å². The summed E-state index contributed by atoms with van der Waals surface area (Å²) in [5.41, 5.74) is 2.98. The summed E-state index contributed by atoms with van der Waals surface area (Å²) in [7, 11) is 0. The van der Waals surface area contributed by atoms with Crippen molar-refractivity contribution in [1.29, 1.82) is 0 Å². The van der Waals surface area contributed by atoms with Gasteiger partial charge < -0.3 is 20.3 Å². The van der Waals surface area contributed by atoms with Crippen molar-refractivity contribution < 1.29 is 14.9 Å². The van der Waals surface area contributed by atoms with Crippen molar-refractivity contribution in [1.82, 2.24) is 0 Å². The zero-order chi connectivity index (χ0) is 15.2. The summed E-state index contributed by atoms with van der Waals surface area (Å²) in [6, 6.07) is 13.6. The molecule has 0 bridgehead atoms. The van der Waals surface area contributed by atoms with E-state index in [4.69, 9.17) is 9.84 Å². The maximum absolute atomic E-state index is 9.33. The average Bonchev–Trinajstić information content (AvgIpc) is 2.49. The molecule has 0 aliphatic carbocycles. The third-order valence-electron chi connectivity index (χ3n) is 3.24. The number of hydrogen-bond acceptors (Lipinski definition) is 4. The van der Waals surface area contributed by atoms with Crippen LogP contribution in [0.4, 0.5) is 5.69 Å². The lowest BCUT2D eigenvalue weighted by Gasteiger charge is -2.14. The topological polar surface area (TPSA) is 61.7 Å². The van der Waals surface area contributed by atoms with Gasteiger partial charge in [0.1, 0.15) is 11.5 Å². The smallest absolute Gasteiger partial charge is 0.130 e. The van der Waals surface area contributed by atoms with Crippen LogP contribution in [-0.2, 0) is 0 Å². The lowest BCUT2D eigenvalue weighted by Crippen LogP contribution is -2.22. The van der Waals surface area contributed by atoms with Gasteiger partial charge in [-0.3, -0.25) is 0 Å². The first-order chi connectivity index (χ1) is 10.1. The van der Waals surface area contributed by atoms with E-state index < -0.39 is 6.10 Å². The van der Waals surface area contributed by atoms with Crippen LogP contribution >= 0.6 is 0 Å². The molecule has 1 unspecified atom stereocenters. The van der Waals surface area contributed by atoms with Gasteiger partial charge in [0.25, 0.3) is 0 Å². The molecule has 2 rings (SSSR count). The summed E-state index contributed by atoms with van der Waals surface area (Å²) in [5, 5.41) is 21.2. The quantitative estimate of drug-likeness (QED) is 0.764. The van der Waals surface area contributed by atoms with Crippen molar-refractivity contribution >= 4 is 5.69 Å². The standard InChI is InChI=1S/C17H21NO3/c1-12-5-3-4-6-16(12)21-17-8-7-14(9-13(17)2)18-10-15(20)11-19/h3-9,15,18-20H,10-11H2,1-2H3. The Morgan fingerprint density at radius 3 is 2.43 bits per heavy atom. The van der Waals surface area contributed by atoms with Crippen LogP contribution in [0.15, 0.2) is 42.5 Å². The molecule has 0 saturated heterocycles. The van der Waals surface area contributed by atoms with E-state index in [0.717, 1.165) is 28.3 Å². The van der Waals surface area contributed by atoms with Crippen LogP contribution in [0.25, 0.3) is 0 Å². The Hall–Kier alpha value is -2.04. The molecule has 112 valence electrons. The molecule has 0 amide bonds. The Labute approximate surface area is 125 Å². The van der Waals surface area contributed by atoms with Crippen LogP contribution in [0, 0.1) is 13.8 Å². The van der Waals surface area contributed by atoms with Crippen molar-refractivity contribution in [3.05, 3.63) is 53.6 Å². The monoisotopic (exact) mass is 287 g/mol. The molecule has 4 nitrogen and oxygen atoms in total. The Kier molecular flexibility index (Phi) is 5.20. The van der Waals surface area contributed by atoms with Gasteiger partial charge in [-0.25, -0.2) is 0 Å². The van der Waals surface area contributed by atoms with Gasteiger partial charge in [0, 0.05) is 12.2 Å². The summed E-state index contributed by atoms with van der Waals surface area (Å²) in [6.45, 7) is 4.05. The zero-order valence-corrected chi connectivity index (χ0v) is 12.3. The van der Waals surface area contributed by atoms with E-state index in [1.165, 1.54) is 0 Å². The largest absolute Gasteiger partial charge is 0.457 e. The number of nitrogens with one attached hydrogen (secondary N) is 1. The first kappa shape index (κ1) is 15.4. The van der Waals surface area contributed by atoms with Gasteiger partial charge in [0.05, 0.1) is 12.7 Å². The highest BCUT2D eigenvalue weighted by Crippen LogP contribution is 2.29. The van der Waals surface area contributed by atoms with Crippen molar-refractivity contribution in [2.45, 2.75) is 20.0 Å². The minimum Gasteiger partial charge on any atom is -0.457 e. The van der Waals surface area contributed by atoms with E-state index in [2.05, 4.69) is 5.32 Å². The molecule has 0 radical (unpaired) electrons. The van der Waals surface area contributed by atoms with E-state index in [-0.39, 0.29) is 6.61 Å². The number of rotatable bonds is 6. The first-order valence-electron chi connectivity index (χ1n) is 6.97. The van der Waals surface area contributed by atoms with E-state index in [0.29, 0.717) is 6.54 Å². The molecule has 0 spiro atoms. The molecular weight excluding hydrogens is 266 g/mol. The molecule has 0 aliphatic heterocycles. The SMILES string of the molecule is Cc1ccccc1Oc1ccc(NCC(O)CO)cc1C. The third-order valence-corrected chi connectivity index (χ3v) is 3.24. The minimum absolute atomic E-state index is 0.250. The average molecular weight is 287 g/mol. The molecule has 3 N–H and O–H groups in total. The number of anilines is 1. The molecule has 2 aromatic carbocycles. The highest BCUT2D eigenvalue weighted by Gasteiger charge is 2.06. The number of benzene rings is 2. The van der Waals surface area contributed by atoms with Crippen molar-refractivity contribution in [3.63, 3.8) is 0 Å². The maximum Gasteiger partial charge on any atom is 0.130 e. The van der Waals surface area contributed by atoms with Crippen LogP contribution < -0.4 is 10.1 Å². The van der Waals surface area contributed by atoms with Gasteiger partial charge >= 0.3 is 0 Å². The summed E-state index contributed by atoms with van der Waals surface area (Å²) in [5.74, 6) is 1.65. The highest BCUT2D eigenvalue weighted by atomic mass is 16.5. The summed E-state index contributed by atoms with van der Waals surface area (Å²) in [4.78, 5) is 0. The number of hydrogen-bond donors (Lipinski definition) is 3. The summed E-state index contributed by atoms with van der Waals surface area (Å²) < 4.78 is 5.92. The maximum atomic E-state index is 9.33. The fourth-order valence-corrected chi connectivity index (χ4v) is 1.96. The Morgan fingerprint density at radius 2 is 1.76 bits per heavy atom. The van der Waals surface area contributed by atoms with Crippen LogP contribution in [0.2, 0.25) is 0 Å². The minimum atomic E-state index is -0.756. The fraction of sp³-hybridized carbons (Fsp3) is 0.294. The lowest BCUT2D eigenvalue weighted by atomic mass is 10.2. The predicted molar refractivity (Wildman–Crippen MR) is 84.0 cm³/mol. The number of para-hydroxylation sites is 1. The van der Waals surface area contributed by atoms with E-state index in [1.807, 2.05) is 56.3 Å². The Bertz CT molecular complexity index is 598. The second-order valence-corrected chi connectivity index (χ2v) is 5.07. The molecule has 2 aromatic rings. The summed E-state index contributed by atoms with van der Waals surface area (Å²) in [6.07, 6.45) is -0.756. The molecular formula is C17H21NO3. The van der Waals surface area contributed by atoms with Crippen LogP contribution in [0.5, 0.6) is 11.5 Å². The molecule has 0 saturated carbocycles. The second kappa shape index (κ2) is 7.11. The third kappa shape index (κ3) is 4.21. The van der Waals surface area contributed by atoms with Crippen molar-refractivity contribution in [2.24, 2.45) is 0 Å². The lowest BCUT2D eigenvalue weighted by molar-refractivity contribution is 0.105. The number of aliphatic hydroxyl groups is 2. The summed E-state index contributed by atoms with van der Waals surface area (Å²) >= 11 is 0. The normalized spacial score (nSPS) is 12.0. The molecule has 21 heavy (non-hydrogen) atoms. The molecule has 4 heteroatoms. The number of aliphatic hydroxyl groups excluding tert-OH is 2.